The van der Waals surface area contributed by atoms with Gasteiger partial charge in [-0.2, -0.15) is 25.3 Å². The molecule has 2 N–H and O–H groups in total. The van der Waals surface area contributed by atoms with Crippen LogP contribution in [0.25, 0.3) is 0 Å². The number of hydrogen-bond donors (Lipinski definition) is 4. The minimum absolute atomic E-state index is 0.0768. The van der Waals surface area contributed by atoms with Crippen molar-refractivity contribution in [2.24, 2.45) is 0 Å². The van der Waals surface area contributed by atoms with Gasteiger partial charge in [0, 0.05) is 39.4 Å². The first-order valence-electron chi connectivity index (χ1n) is 11.3. The van der Waals surface area contributed by atoms with Crippen LogP contribution >= 0.6 is 48.8 Å². The second kappa shape index (κ2) is 22.3. The summed E-state index contributed by atoms with van der Waals surface area (Å²) < 4.78 is 0. The van der Waals surface area contributed by atoms with E-state index in [1.54, 1.807) is 0 Å². The van der Waals surface area contributed by atoms with Crippen molar-refractivity contribution >= 4 is 88.7 Å². The van der Waals surface area contributed by atoms with Crippen LogP contribution in [-0.2, 0) is 38.4 Å². The van der Waals surface area contributed by atoms with Crippen molar-refractivity contribution < 1.29 is 48.6 Å². The van der Waals surface area contributed by atoms with Crippen LogP contribution in [0, 0.1) is 0 Å². The van der Waals surface area contributed by atoms with Crippen LogP contribution in [0.4, 0.5) is 0 Å². The molecule has 0 aromatic carbocycles. The van der Waals surface area contributed by atoms with Crippen LogP contribution in [0.1, 0.15) is 72.1 Å². The Bertz CT molecular complexity index is 777. The van der Waals surface area contributed by atoms with Gasteiger partial charge in [0.2, 0.25) is 0 Å². The summed E-state index contributed by atoms with van der Waals surface area (Å²) in [5.74, 6) is -1.81. The molecule has 0 radical (unpaired) electrons. The molecule has 2 atom stereocenters. The number of rotatable bonds is 13. The molecule has 1 rings (SSSR count). The van der Waals surface area contributed by atoms with E-state index in [-0.39, 0.29) is 23.1 Å². The van der Waals surface area contributed by atoms with Crippen LogP contribution in [0.3, 0.4) is 0 Å². The predicted molar refractivity (Wildman–Crippen MR) is 148 cm³/mol. The summed E-state index contributed by atoms with van der Waals surface area (Å²) in [6, 6.07) is 0. The van der Waals surface area contributed by atoms with Crippen molar-refractivity contribution in [3.63, 3.8) is 0 Å². The fraction of sp³-hybridized carbons (Fsp3) is 0.682. The maximum absolute atomic E-state index is 10.8. The van der Waals surface area contributed by atoms with Gasteiger partial charge in [-0.25, -0.2) is 4.79 Å². The molecule has 0 aromatic heterocycles. The van der Waals surface area contributed by atoms with E-state index < -0.39 is 40.2 Å². The molecule has 2 unspecified atom stereocenters. The predicted octanol–water partition coefficient (Wildman–Crippen LogP) is 3.25. The molecule has 1 aliphatic heterocycles. The largest absolute Gasteiger partial charge is 0.480 e. The van der Waals surface area contributed by atoms with Crippen LogP contribution in [0.2, 0.25) is 0 Å². The standard InChI is InChI=1S/C10H16O4S2.C6H7NO4.C6H12O2S2/c1-7(11)15-6-4-3-5-9(10(13)14)16-8(2)12;1-4(8)11-7-5(9)2-3-6(7)10;7-6(8)5(10)3-1-2-4-9/h9H,3-6H2,1-2H3,(H,13,14);2-3H2,1H3;5,9-10H,1-4H2,(H,7,8). The van der Waals surface area contributed by atoms with Gasteiger partial charge in [-0.1, -0.05) is 36.4 Å². The summed E-state index contributed by atoms with van der Waals surface area (Å²) in [5, 5.41) is 16.5. The number of thioether (sulfide) groups is 2. The van der Waals surface area contributed by atoms with E-state index in [9.17, 15) is 33.6 Å². The number of carboxylic acids is 2. The maximum atomic E-state index is 10.8. The summed E-state index contributed by atoms with van der Waals surface area (Å²) >= 11 is 9.98. The van der Waals surface area contributed by atoms with E-state index >= 15 is 0 Å². The molecule has 0 saturated carbocycles. The molecule has 0 bridgehead atoms. The molecule has 0 spiro atoms. The third kappa shape index (κ3) is 22.0. The summed E-state index contributed by atoms with van der Waals surface area (Å²) in [6.07, 6.45) is 4.75. The van der Waals surface area contributed by atoms with Gasteiger partial charge in [0.1, 0.15) is 5.25 Å². The quantitative estimate of drug-likeness (QED) is 0.138. The Balaban J connectivity index is 0. The molecular formula is C22H35NO10S4. The van der Waals surface area contributed by atoms with Gasteiger partial charge >= 0.3 is 17.9 Å². The van der Waals surface area contributed by atoms with Gasteiger partial charge in [0.15, 0.2) is 10.2 Å². The molecule has 15 heteroatoms. The SMILES string of the molecule is CC(=O)ON1C(=O)CCC1=O.CC(=O)SCCCCC(SC(C)=O)C(=O)O.O=C(O)C(S)CCCCS. The monoisotopic (exact) mass is 601 g/mol. The van der Waals surface area contributed by atoms with Gasteiger partial charge in [0.05, 0.1) is 5.25 Å². The number of imide groups is 1. The second-order valence-electron chi connectivity index (χ2n) is 7.51. The fourth-order valence-corrected chi connectivity index (χ4v) is 4.27. The van der Waals surface area contributed by atoms with E-state index in [4.69, 9.17) is 10.2 Å². The number of carbonyl (C=O) groups excluding carboxylic acids is 5. The zero-order valence-electron chi connectivity index (χ0n) is 21.0. The first kappa shape index (κ1) is 37.4. The average Bonchev–Trinajstić information content (AvgIpc) is 3.10. The molecule has 212 valence electrons. The number of carboxylic acid groups (broad SMARTS) is 2. The Kier molecular flexibility index (Phi) is 22.6. The number of carbonyl (C=O) groups is 7. The van der Waals surface area contributed by atoms with Crippen LogP contribution in [0.15, 0.2) is 0 Å². The van der Waals surface area contributed by atoms with Crippen LogP contribution in [0.5, 0.6) is 0 Å². The zero-order valence-corrected chi connectivity index (χ0v) is 24.5. The highest BCUT2D eigenvalue weighted by Gasteiger charge is 2.31. The normalized spacial score (nSPS) is 13.9. The highest BCUT2D eigenvalue weighted by Crippen LogP contribution is 2.19. The topological polar surface area (TPSA) is 172 Å². The summed E-state index contributed by atoms with van der Waals surface area (Å²) in [5.41, 5.74) is 0. The lowest BCUT2D eigenvalue weighted by molar-refractivity contribution is -0.195. The van der Waals surface area contributed by atoms with Crippen molar-refractivity contribution in [2.75, 3.05) is 11.5 Å². The Morgan fingerprint density at radius 1 is 0.892 bits per heavy atom. The van der Waals surface area contributed by atoms with Crippen molar-refractivity contribution in [1.82, 2.24) is 5.06 Å². The number of hydroxylamine groups is 2. The van der Waals surface area contributed by atoms with Gasteiger partial charge in [0.25, 0.3) is 11.8 Å². The Labute approximate surface area is 236 Å². The number of hydrogen-bond acceptors (Lipinski definition) is 12. The minimum atomic E-state index is -0.945. The molecule has 37 heavy (non-hydrogen) atoms. The zero-order chi connectivity index (χ0) is 29.0. The lowest BCUT2D eigenvalue weighted by Crippen LogP contribution is -2.30. The lowest BCUT2D eigenvalue weighted by atomic mass is 10.2. The molecule has 1 aliphatic rings. The number of thiol groups is 2. The Morgan fingerprint density at radius 2 is 1.43 bits per heavy atom. The van der Waals surface area contributed by atoms with E-state index in [1.807, 2.05) is 0 Å². The first-order valence-corrected chi connectivity index (χ1v) is 14.3. The molecule has 11 nitrogen and oxygen atoms in total. The number of aliphatic carboxylic acids is 2. The highest BCUT2D eigenvalue weighted by atomic mass is 32.2. The summed E-state index contributed by atoms with van der Waals surface area (Å²) in [6.45, 7) is 4.02. The number of unbranched alkanes of at least 4 members (excludes halogenated alkanes) is 2. The number of amides is 2. The Morgan fingerprint density at radius 3 is 1.84 bits per heavy atom. The first-order chi connectivity index (χ1) is 17.2. The van der Waals surface area contributed by atoms with E-state index in [0.29, 0.717) is 23.7 Å². The molecule has 1 saturated heterocycles. The molecule has 1 heterocycles. The maximum Gasteiger partial charge on any atom is 0.330 e. The van der Waals surface area contributed by atoms with E-state index in [0.717, 1.165) is 50.1 Å². The molecule has 1 fully saturated rings. The third-order valence-electron chi connectivity index (χ3n) is 4.15. The molecule has 0 aromatic rings. The van der Waals surface area contributed by atoms with Crippen molar-refractivity contribution in [2.45, 2.75) is 82.6 Å². The minimum Gasteiger partial charge on any atom is -0.480 e. The van der Waals surface area contributed by atoms with Gasteiger partial charge in [-0.15, -0.1) is 5.06 Å². The summed E-state index contributed by atoms with van der Waals surface area (Å²) in [4.78, 5) is 78.5. The molecule has 0 aliphatic carbocycles. The van der Waals surface area contributed by atoms with Gasteiger partial charge < -0.3 is 15.1 Å². The van der Waals surface area contributed by atoms with Crippen LogP contribution < -0.4 is 0 Å². The van der Waals surface area contributed by atoms with Crippen molar-refractivity contribution in [3.05, 3.63) is 0 Å². The second-order valence-corrected chi connectivity index (χ2v) is 11.2. The van der Waals surface area contributed by atoms with Crippen molar-refractivity contribution in [3.8, 4) is 0 Å². The highest BCUT2D eigenvalue weighted by molar-refractivity contribution is 8.14. The fourth-order valence-electron chi connectivity index (χ4n) is 2.44. The van der Waals surface area contributed by atoms with Crippen LogP contribution in [-0.4, -0.2) is 77.2 Å². The van der Waals surface area contributed by atoms with E-state index in [1.165, 1.54) is 25.6 Å². The smallest absolute Gasteiger partial charge is 0.330 e. The van der Waals surface area contributed by atoms with Gasteiger partial charge in [-0.05, 0) is 31.4 Å². The van der Waals surface area contributed by atoms with E-state index in [2.05, 4.69) is 30.1 Å². The summed E-state index contributed by atoms with van der Waals surface area (Å²) in [7, 11) is 0. The molecule has 2 amide bonds. The lowest BCUT2D eigenvalue weighted by Gasteiger charge is -2.09. The molecular weight excluding hydrogens is 567 g/mol. The Hall–Kier alpha value is -1.71. The van der Waals surface area contributed by atoms with Gasteiger partial charge in [-0.3, -0.25) is 28.8 Å². The van der Waals surface area contributed by atoms with Crippen molar-refractivity contribution in [1.29, 1.82) is 0 Å². The number of nitrogens with zero attached hydrogens (tertiary/aromatic N) is 1. The third-order valence-corrected chi connectivity index (χ3v) is 6.89. The average molecular weight is 602 g/mol.